The number of methoxy groups -OCH3 is 1. The molecule has 3 aromatic carbocycles. The smallest absolute Gasteiger partial charge is 0.250 e. The fourth-order valence-corrected chi connectivity index (χ4v) is 2.70. The van der Waals surface area contributed by atoms with Gasteiger partial charge >= 0.3 is 0 Å². The lowest BCUT2D eigenvalue weighted by Gasteiger charge is -2.16. The molecule has 0 aliphatic heterocycles. The monoisotopic (exact) mass is 321 g/mol. The normalized spacial score (nSPS) is 11.0. The molecule has 0 unspecified atom stereocenters. The molecule has 0 aliphatic carbocycles. The molecule has 0 aliphatic rings. The summed E-state index contributed by atoms with van der Waals surface area (Å²) in [6.07, 6.45) is 0. The summed E-state index contributed by atoms with van der Waals surface area (Å²) in [4.78, 5) is 24.1. The molecule has 0 amide bonds. The second-order valence-electron chi connectivity index (χ2n) is 6.01. The second-order valence-corrected chi connectivity index (χ2v) is 6.01. The zero-order valence-corrected chi connectivity index (χ0v) is 13.9. The van der Waals surface area contributed by atoms with Crippen LogP contribution in [0.5, 0.6) is 5.75 Å². The zero-order valence-electron chi connectivity index (χ0n) is 13.9. The second kappa shape index (κ2) is 6.32. The third kappa shape index (κ3) is 2.71. The van der Waals surface area contributed by atoms with Crippen molar-refractivity contribution in [1.82, 2.24) is 0 Å². The summed E-state index contributed by atoms with van der Waals surface area (Å²) in [7, 11) is 1.56. The van der Waals surface area contributed by atoms with Gasteiger partial charge < -0.3 is 10.1 Å². The fourth-order valence-electron chi connectivity index (χ4n) is 2.70. The summed E-state index contributed by atoms with van der Waals surface area (Å²) in [6.45, 7) is 4.22. The predicted molar refractivity (Wildman–Crippen MR) is 97.2 cm³/mol. The number of hydrogen-bond donors (Lipinski definition) is 1. The van der Waals surface area contributed by atoms with Crippen LogP contribution in [-0.2, 0) is 0 Å². The van der Waals surface area contributed by atoms with Crippen LogP contribution >= 0.6 is 0 Å². The maximum atomic E-state index is 12.1. The van der Waals surface area contributed by atoms with Crippen molar-refractivity contribution in [2.24, 2.45) is 0 Å². The van der Waals surface area contributed by atoms with Crippen molar-refractivity contribution in [3.8, 4) is 16.9 Å². The van der Waals surface area contributed by atoms with Gasteiger partial charge in [0.2, 0.25) is 5.43 Å². The van der Waals surface area contributed by atoms with Crippen molar-refractivity contribution in [1.29, 1.82) is 0 Å². The number of hydrogen-bond acceptors (Lipinski definition) is 4. The fraction of sp³-hybridized carbons (Fsp3) is 0.200. The Morgan fingerprint density at radius 3 is 2.21 bits per heavy atom. The summed E-state index contributed by atoms with van der Waals surface area (Å²) in [6, 6.07) is 15.0. The van der Waals surface area contributed by atoms with Gasteiger partial charge in [0, 0.05) is 0 Å². The lowest BCUT2D eigenvalue weighted by molar-refractivity contribution is 0.417. The predicted octanol–water partition coefficient (Wildman–Crippen LogP) is 3.83. The largest absolute Gasteiger partial charge is 0.495 e. The Hall–Kier alpha value is -2.88. The van der Waals surface area contributed by atoms with Gasteiger partial charge in [-0.15, -0.1) is 0 Å². The quantitative estimate of drug-likeness (QED) is 0.726. The molecule has 0 spiro atoms. The Morgan fingerprint density at radius 2 is 1.58 bits per heavy atom. The van der Waals surface area contributed by atoms with Crippen LogP contribution in [0.1, 0.15) is 25.3 Å². The molecular weight excluding hydrogens is 302 g/mol. The van der Waals surface area contributed by atoms with E-state index in [0.29, 0.717) is 28.6 Å². The standard InChI is InChI=1S/C20H19NO3/c1-12(2)13-8-10-14(11-9-13)17-18(20(23)19(17)22)21-15-6-4-5-7-16(15)24-3/h4-12,21H,1-3H3. The van der Waals surface area contributed by atoms with Crippen LogP contribution in [-0.4, -0.2) is 7.11 Å². The molecule has 0 saturated heterocycles. The van der Waals surface area contributed by atoms with Crippen LogP contribution < -0.4 is 20.9 Å². The van der Waals surface area contributed by atoms with Crippen LogP contribution in [0.4, 0.5) is 11.4 Å². The minimum atomic E-state index is -0.496. The van der Waals surface area contributed by atoms with E-state index in [1.54, 1.807) is 19.2 Å². The van der Waals surface area contributed by atoms with E-state index in [1.165, 1.54) is 5.56 Å². The van der Waals surface area contributed by atoms with Gasteiger partial charge in [-0.2, -0.15) is 0 Å². The SMILES string of the molecule is COc1ccccc1Nc1c(-c2ccc(C(C)C)cc2)c(=O)c1=O. The first-order valence-corrected chi connectivity index (χ1v) is 7.86. The molecule has 0 aromatic heterocycles. The third-order valence-corrected chi connectivity index (χ3v) is 4.14. The summed E-state index contributed by atoms with van der Waals surface area (Å²) in [5, 5.41) is 3.05. The number of rotatable bonds is 5. The van der Waals surface area contributed by atoms with Gasteiger partial charge in [0.1, 0.15) is 11.4 Å². The van der Waals surface area contributed by atoms with Gasteiger partial charge in [0.05, 0.1) is 18.4 Å². The molecule has 0 saturated carbocycles. The minimum Gasteiger partial charge on any atom is -0.495 e. The number of ether oxygens (including phenoxy) is 1. The van der Waals surface area contributed by atoms with E-state index in [-0.39, 0.29) is 0 Å². The van der Waals surface area contributed by atoms with E-state index in [9.17, 15) is 9.59 Å². The van der Waals surface area contributed by atoms with E-state index in [1.807, 2.05) is 36.4 Å². The molecule has 24 heavy (non-hydrogen) atoms. The molecule has 0 bridgehead atoms. The molecule has 0 heterocycles. The molecule has 0 atom stereocenters. The van der Waals surface area contributed by atoms with Crippen molar-refractivity contribution in [2.45, 2.75) is 19.8 Å². The molecule has 0 radical (unpaired) electrons. The summed E-state index contributed by atoms with van der Waals surface area (Å²) >= 11 is 0. The van der Waals surface area contributed by atoms with Crippen LogP contribution in [0, 0.1) is 0 Å². The van der Waals surface area contributed by atoms with Crippen molar-refractivity contribution in [2.75, 3.05) is 12.4 Å². The summed E-state index contributed by atoms with van der Waals surface area (Å²) in [5.41, 5.74) is 2.40. The molecule has 3 aromatic rings. The highest BCUT2D eigenvalue weighted by Crippen LogP contribution is 2.31. The minimum absolute atomic E-state index is 0.321. The summed E-state index contributed by atoms with van der Waals surface area (Å²) < 4.78 is 5.28. The molecule has 4 heteroatoms. The average Bonchev–Trinajstić information content (AvgIpc) is 2.61. The first kappa shape index (κ1) is 16.0. The Balaban J connectivity index is 1.98. The van der Waals surface area contributed by atoms with Crippen molar-refractivity contribution in [3.05, 3.63) is 74.5 Å². The molecule has 122 valence electrons. The number of nitrogens with one attached hydrogen (secondary N) is 1. The lowest BCUT2D eigenvalue weighted by Crippen LogP contribution is -2.35. The first-order chi connectivity index (χ1) is 11.5. The van der Waals surface area contributed by atoms with Gasteiger partial charge in [-0.3, -0.25) is 9.59 Å². The van der Waals surface area contributed by atoms with Gasteiger partial charge in [0.15, 0.2) is 0 Å². The Bertz CT molecular complexity index is 932. The number of para-hydroxylation sites is 2. The lowest BCUT2D eigenvalue weighted by atomic mass is 9.95. The van der Waals surface area contributed by atoms with Crippen LogP contribution in [0.15, 0.2) is 58.1 Å². The van der Waals surface area contributed by atoms with Gasteiger partial charge in [0.25, 0.3) is 5.43 Å². The van der Waals surface area contributed by atoms with E-state index in [2.05, 4.69) is 19.2 Å². The molecule has 0 fully saturated rings. The molecule has 3 rings (SSSR count). The Labute approximate surface area is 140 Å². The highest BCUT2D eigenvalue weighted by molar-refractivity contribution is 5.85. The van der Waals surface area contributed by atoms with Gasteiger partial charge in [-0.05, 0) is 29.2 Å². The highest BCUT2D eigenvalue weighted by atomic mass is 16.5. The van der Waals surface area contributed by atoms with Crippen LogP contribution in [0.25, 0.3) is 11.1 Å². The van der Waals surface area contributed by atoms with Crippen molar-refractivity contribution < 1.29 is 4.74 Å². The van der Waals surface area contributed by atoms with E-state index < -0.39 is 10.9 Å². The van der Waals surface area contributed by atoms with Crippen molar-refractivity contribution in [3.63, 3.8) is 0 Å². The zero-order chi connectivity index (χ0) is 17.3. The molecular formula is C20H19NO3. The van der Waals surface area contributed by atoms with Gasteiger partial charge in [-0.25, -0.2) is 0 Å². The first-order valence-electron chi connectivity index (χ1n) is 7.86. The topological polar surface area (TPSA) is 55.4 Å². The maximum absolute atomic E-state index is 12.1. The number of anilines is 2. The Morgan fingerprint density at radius 1 is 0.917 bits per heavy atom. The highest BCUT2D eigenvalue weighted by Gasteiger charge is 2.23. The van der Waals surface area contributed by atoms with Crippen LogP contribution in [0.2, 0.25) is 0 Å². The average molecular weight is 321 g/mol. The van der Waals surface area contributed by atoms with E-state index >= 15 is 0 Å². The van der Waals surface area contributed by atoms with E-state index in [4.69, 9.17) is 4.74 Å². The maximum Gasteiger partial charge on any atom is 0.250 e. The Kier molecular flexibility index (Phi) is 4.21. The van der Waals surface area contributed by atoms with E-state index in [0.717, 1.165) is 5.56 Å². The number of benzene rings is 2. The van der Waals surface area contributed by atoms with Gasteiger partial charge in [-0.1, -0.05) is 50.2 Å². The molecule has 4 nitrogen and oxygen atoms in total. The third-order valence-electron chi connectivity index (χ3n) is 4.14. The summed E-state index contributed by atoms with van der Waals surface area (Å²) in [5.74, 6) is 1.03. The van der Waals surface area contributed by atoms with Crippen LogP contribution in [0.3, 0.4) is 0 Å². The molecule has 1 N–H and O–H groups in total. The van der Waals surface area contributed by atoms with Crippen molar-refractivity contribution >= 4 is 11.4 Å².